The van der Waals surface area contributed by atoms with Crippen LogP contribution in [0.1, 0.15) is 20.3 Å². The predicted octanol–water partition coefficient (Wildman–Crippen LogP) is 0.586. The second-order valence-electron chi connectivity index (χ2n) is 2.66. The Hall–Kier alpha value is -1.17. The molecule has 0 aromatic heterocycles. The summed E-state index contributed by atoms with van der Waals surface area (Å²) in [6, 6.07) is -0.690. The molecule has 1 atom stereocenters. The van der Waals surface area contributed by atoms with E-state index < -0.39 is 12.0 Å². The summed E-state index contributed by atoms with van der Waals surface area (Å²) in [7, 11) is 0. The number of rotatable bonds is 3. The Morgan fingerprint density at radius 1 is 1.58 bits per heavy atom. The average Bonchev–Trinajstić information content (AvgIpc) is 1.87. The Morgan fingerprint density at radius 2 is 1.92 bits per heavy atom. The van der Waals surface area contributed by atoms with E-state index in [9.17, 15) is 4.79 Å². The lowest BCUT2D eigenvalue weighted by atomic mass is 10.1. The molecule has 0 bridgehead atoms. The quantitative estimate of drug-likeness (QED) is 0.432. The van der Waals surface area contributed by atoms with Crippen molar-refractivity contribution >= 4 is 5.97 Å². The highest BCUT2D eigenvalue weighted by Crippen LogP contribution is 2.01. The summed E-state index contributed by atoms with van der Waals surface area (Å²) < 4.78 is 0. The number of carboxylic acids is 1. The summed E-state index contributed by atoms with van der Waals surface area (Å²) in [5, 5.41) is 16.2. The Kier molecular flexibility index (Phi) is 8.87. The van der Waals surface area contributed by atoms with E-state index in [1.54, 1.807) is 0 Å². The molecule has 0 fully saturated rings. The van der Waals surface area contributed by atoms with Gasteiger partial charge in [-0.05, 0) is 12.3 Å². The van der Waals surface area contributed by atoms with E-state index in [0.717, 1.165) is 0 Å². The first-order chi connectivity index (χ1) is 5.45. The highest BCUT2D eigenvalue weighted by atomic mass is 16.6. The van der Waals surface area contributed by atoms with Gasteiger partial charge in [0.2, 0.25) is 0 Å². The molecule has 6 nitrogen and oxygen atoms in total. The SMILES string of the molecule is CC(C)CC(N)C(=O)O.O=NO. The van der Waals surface area contributed by atoms with Crippen LogP contribution in [0.3, 0.4) is 0 Å². The van der Waals surface area contributed by atoms with Crippen molar-refractivity contribution in [1.82, 2.24) is 0 Å². The van der Waals surface area contributed by atoms with Crippen LogP contribution in [-0.4, -0.2) is 22.3 Å². The Labute approximate surface area is 70.3 Å². The van der Waals surface area contributed by atoms with E-state index in [0.29, 0.717) is 12.3 Å². The van der Waals surface area contributed by atoms with Gasteiger partial charge in [-0.15, -0.1) is 4.91 Å². The molecule has 0 aromatic carbocycles. The van der Waals surface area contributed by atoms with Gasteiger partial charge in [0.05, 0.1) is 0 Å². The van der Waals surface area contributed by atoms with Gasteiger partial charge >= 0.3 is 5.97 Å². The largest absolute Gasteiger partial charge is 0.480 e. The van der Waals surface area contributed by atoms with Gasteiger partial charge < -0.3 is 16.0 Å². The first-order valence-corrected chi connectivity index (χ1v) is 3.40. The molecule has 0 aliphatic carbocycles. The van der Waals surface area contributed by atoms with Gasteiger partial charge in [-0.25, -0.2) is 0 Å². The molecule has 0 heterocycles. The Bertz CT molecular complexity index is 138. The van der Waals surface area contributed by atoms with Crippen LogP contribution in [0.5, 0.6) is 0 Å². The molecule has 0 rings (SSSR count). The minimum atomic E-state index is -0.913. The molecule has 6 heteroatoms. The Morgan fingerprint density at radius 3 is 2.00 bits per heavy atom. The van der Waals surface area contributed by atoms with Crippen molar-refractivity contribution in [1.29, 1.82) is 0 Å². The van der Waals surface area contributed by atoms with Gasteiger partial charge in [-0.2, -0.15) is 0 Å². The molecule has 0 radical (unpaired) electrons. The molecule has 4 N–H and O–H groups in total. The topological polar surface area (TPSA) is 113 Å². The van der Waals surface area contributed by atoms with Gasteiger partial charge in [-0.3, -0.25) is 4.79 Å². The van der Waals surface area contributed by atoms with Gasteiger partial charge in [0.1, 0.15) is 6.04 Å². The third kappa shape index (κ3) is 11.6. The summed E-state index contributed by atoms with van der Waals surface area (Å²) in [6.07, 6.45) is 0.551. The summed E-state index contributed by atoms with van der Waals surface area (Å²) in [5.74, 6) is -0.556. The highest BCUT2D eigenvalue weighted by molar-refractivity contribution is 5.72. The second kappa shape index (κ2) is 7.93. The molecule has 1 unspecified atom stereocenters. The number of carbonyl (C=O) groups is 1. The van der Waals surface area contributed by atoms with Gasteiger partial charge in [0.15, 0.2) is 5.34 Å². The Balaban J connectivity index is 0. The van der Waals surface area contributed by atoms with E-state index in [1.807, 2.05) is 13.8 Å². The molecule has 0 amide bonds. The average molecular weight is 178 g/mol. The van der Waals surface area contributed by atoms with Crippen molar-refractivity contribution in [2.45, 2.75) is 26.3 Å². The third-order valence-electron chi connectivity index (χ3n) is 1.04. The first kappa shape index (κ1) is 13.4. The molecule has 0 saturated heterocycles. The van der Waals surface area contributed by atoms with E-state index in [-0.39, 0.29) is 0 Å². The first-order valence-electron chi connectivity index (χ1n) is 3.40. The van der Waals surface area contributed by atoms with Gasteiger partial charge in [-0.1, -0.05) is 13.8 Å². The fourth-order valence-corrected chi connectivity index (χ4v) is 0.609. The lowest BCUT2D eigenvalue weighted by molar-refractivity contribution is -0.138. The minimum Gasteiger partial charge on any atom is -0.480 e. The fraction of sp³-hybridized carbons (Fsp3) is 0.833. The van der Waals surface area contributed by atoms with Crippen LogP contribution in [0.4, 0.5) is 0 Å². The molecule has 0 aliphatic rings. The smallest absolute Gasteiger partial charge is 0.320 e. The second-order valence-corrected chi connectivity index (χ2v) is 2.66. The highest BCUT2D eigenvalue weighted by Gasteiger charge is 2.11. The van der Waals surface area contributed by atoms with Crippen molar-refractivity contribution < 1.29 is 15.1 Å². The zero-order valence-electron chi connectivity index (χ0n) is 7.10. The van der Waals surface area contributed by atoms with Crippen LogP contribution in [0.25, 0.3) is 0 Å². The van der Waals surface area contributed by atoms with Crippen molar-refractivity contribution in [3.05, 3.63) is 4.91 Å². The monoisotopic (exact) mass is 178 g/mol. The summed E-state index contributed by atoms with van der Waals surface area (Å²) in [4.78, 5) is 18.2. The number of carboxylic acid groups (broad SMARTS) is 1. The maximum Gasteiger partial charge on any atom is 0.320 e. The van der Waals surface area contributed by atoms with Crippen molar-refractivity contribution in [2.24, 2.45) is 17.0 Å². The van der Waals surface area contributed by atoms with Gasteiger partial charge in [0.25, 0.3) is 0 Å². The van der Waals surface area contributed by atoms with Crippen LogP contribution in [-0.2, 0) is 4.79 Å². The van der Waals surface area contributed by atoms with Gasteiger partial charge in [0, 0.05) is 0 Å². The third-order valence-corrected chi connectivity index (χ3v) is 1.04. The molecule has 12 heavy (non-hydrogen) atoms. The van der Waals surface area contributed by atoms with E-state index >= 15 is 0 Å². The van der Waals surface area contributed by atoms with Crippen LogP contribution in [0, 0.1) is 10.8 Å². The molecule has 0 aliphatic heterocycles. The van der Waals surface area contributed by atoms with Crippen molar-refractivity contribution in [3.8, 4) is 0 Å². The van der Waals surface area contributed by atoms with Crippen molar-refractivity contribution in [3.63, 3.8) is 0 Å². The molecular weight excluding hydrogens is 164 g/mol. The predicted molar refractivity (Wildman–Crippen MR) is 42.6 cm³/mol. The standard InChI is InChI=1S/C6H13NO2.HNO2/c1-4(2)3-5(7)6(8)9;2-1-3/h4-5H,3,7H2,1-2H3,(H,8,9);(H,2,3). The van der Waals surface area contributed by atoms with E-state index in [2.05, 4.69) is 0 Å². The van der Waals surface area contributed by atoms with Crippen molar-refractivity contribution in [2.75, 3.05) is 0 Å². The summed E-state index contributed by atoms with van der Waals surface area (Å²) in [5.41, 5.74) is 5.22. The molecule has 72 valence electrons. The zero-order valence-corrected chi connectivity index (χ0v) is 7.10. The van der Waals surface area contributed by atoms with Crippen LogP contribution < -0.4 is 5.73 Å². The van der Waals surface area contributed by atoms with E-state index in [4.69, 9.17) is 21.0 Å². The lowest BCUT2D eigenvalue weighted by Crippen LogP contribution is -2.31. The van der Waals surface area contributed by atoms with E-state index in [1.165, 1.54) is 5.34 Å². The summed E-state index contributed by atoms with van der Waals surface area (Å²) in [6.45, 7) is 3.89. The zero-order chi connectivity index (χ0) is 10.1. The maximum absolute atomic E-state index is 10.1. The molecule has 0 saturated carbocycles. The normalized spacial score (nSPS) is 11.3. The number of nitrogens with zero attached hydrogens (tertiary/aromatic N) is 1. The maximum atomic E-state index is 10.1. The molecule has 0 aromatic rings. The number of hydrogen-bond acceptors (Lipinski definition) is 4. The number of aliphatic carboxylic acids is 1. The van der Waals surface area contributed by atoms with Crippen LogP contribution in [0.2, 0.25) is 0 Å². The van der Waals surface area contributed by atoms with Crippen LogP contribution >= 0.6 is 0 Å². The number of hydrogen-bond donors (Lipinski definition) is 3. The lowest BCUT2D eigenvalue weighted by Gasteiger charge is -2.07. The number of nitrogens with two attached hydrogens (primary N) is 1. The van der Waals surface area contributed by atoms with Crippen LogP contribution in [0.15, 0.2) is 5.34 Å². The summed E-state index contributed by atoms with van der Waals surface area (Å²) >= 11 is 0. The minimum absolute atomic E-state index is 0.357. The molecule has 0 spiro atoms. The fourth-order valence-electron chi connectivity index (χ4n) is 0.609. The molecular formula is C6H14N2O4.